The van der Waals surface area contributed by atoms with E-state index in [2.05, 4.69) is 5.32 Å². The van der Waals surface area contributed by atoms with Crippen molar-refractivity contribution in [2.24, 2.45) is 11.7 Å². The van der Waals surface area contributed by atoms with Crippen molar-refractivity contribution in [3.8, 4) is 0 Å². The second-order valence-electron chi connectivity index (χ2n) is 5.00. The van der Waals surface area contributed by atoms with Crippen LogP contribution in [0.5, 0.6) is 0 Å². The molecule has 1 saturated carbocycles. The molecule has 0 saturated heterocycles. The number of carbonyl (C=O) groups is 3. The van der Waals surface area contributed by atoms with Crippen LogP contribution in [0.1, 0.15) is 44.9 Å². The minimum atomic E-state index is -0.979. The summed E-state index contributed by atoms with van der Waals surface area (Å²) in [6, 6.07) is -0.800. The zero-order valence-electron chi connectivity index (χ0n) is 11.1. The van der Waals surface area contributed by atoms with Gasteiger partial charge in [-0.05, 0) is 25.7 Å². The summed E-state index contributed by atoms with van der Waals surface area (Å²) in [6.07, 6.45) is 4.77. The molecule has 19 heavy (non-hydrogen) atoms. The predicted octanol–water partition coefficient (Wildman–Crippen LogP) is 0.444. The first-order valence-corrected chi connectivity index (χ1v) is 6.81. The molecule has 0 aromatic rings. The Morgan fingerprint density at radius 1 is 1.37 bits per heavy atom. The number of aliphatic carboxylic acids is 1. The largest absolute Gasteiger partial charge is 0.480 e. The zero-order valence-corrected chi connectivity index (χ0v) is 11.1. The number of rotatable bonds is 8. The molecule has 1 amide bonds. The molecule has 6 heteroatoms. The van der Waals surface area contributed by atoms with Crippen LogP contribution >= 0.6 is 0 Å². The number of hydrogen-bond donors (Lipinski definition) is 3. The van der Waals surface area contributed by atoms with Crippen LogP contribution in [-0.4, -0.2) is 35.4 Å². The Kier molecular flexibility index (Phi) is 6.49. The summed E-state index contributed by atoms with van der Waals surface area (Å²) in [4.78, 5) is 33.5. The molecule has 0 bridgehead atoms. The summed E-state index contributed by atoms with van der Waals surface area (Å²) in [5.74, 6) is -1.54. The van der Waals surface area contributed by atoms with Crippen molar-refractivity contribution >= 4 is 17.7 Å². The second kappa shape index (κ2) is 7.89. The number of nitrogens with one attached hydrogen (secondary N) is 1. The van der Waals surface area contributed by atoms with Gasteiger partial charge in [-0.15, -0.1) is 0 Å². The Morgan fingerprint density at radius 2 is 2.11 bits per heavy atom. The smallest absolute Gasteiger partial charge is 0.320 e. The van der Waals surface area contributed by atoms with Gasteiger partial charge in [0.2, 0.25) is 5.91 Å². The molecule has 0 aromatic heterocycles. The predicted molar refractivity (Wildman–Crippen MR) is 69.4 cm³/mol. The van der Waals surface area contributed by atoms with Gasteiger partial charge in [0.25, 0.3) is 0 Å². The first kappa shape index (κ1) is 15.6. The molecule has 0 aromatic carbocycles. The van der Waals surface area contributed by atoms with Gasteiger partial charge in [-0.25, -0.2) is 0 Å². The highest BCUT2D eigenvalue weighted by molar-refractivity contribution is 6.02. The van der Waals surface area contributed by atoms with E-state index in [4.69, 9.17) is 10.8 Å². The van der Waals surface area contributed by atoms with Crippen molar-refractivity contribution in [1.29, 1.82) is 0 Å². The third-order valence-electron chi connectivity index (χ3n) is 3.43. The molecule has 2 atom stereocenters. The van der Waals surface area contributed by atoms with Gasteiger partial charge in [0.1, 0.15) is 11.8 Å². The van der Waals surface area contributed by atoms with E-state index in [1.165, 1.54) is 0 Å². The molecule has 6 nitrogen and oxygen atoms in total. The van der Waals surface area contributed by atoms with E-state index >= 15 is 0 Å². The van der Waals surface area contributed by atoms with Crippen molar-refractivity contribution in [1.82, 2.24) is 5.32 Å². The lowest BCUT2D eigenvalue weighted by Crippen LogP contribution is -2.33. The molecular formula is C13H22N2O4. The van der Waals surface area contributed by atoms with E-state index < -0.39 is 17.9 Å². The SMILES string of the molecule is N[C@@H](CCCCCNC(=O)[C@H]1CCCC1=O)C(=O)O. The van der Waals surface area contributed by atoms with E-state index in [9.17, 15) is 14.4 Å². The van der Waals surface area contributed by atoms with Crippen LogP contribution in [0, 0.1) is 5.92 Å². The Hall–Kier alpha value is -1.43. The maximum Gasteiger partial charge on any atom is 0.320 e. The number of Topliss-reactive ketones (excluding diaryl/α,β-unsaturated/α-hetero) is 1. The number of ketones is 1. The highest BCUT2D eigenvalue weighted by Crippen LogP contribution is 2.21. The van der Waals surface area contributed by atoms with Gasteiger partial charge >= 0.3 is 5.97 Å². The summed E-state index contributed by atoms with van der Waals surface area (Å²) in [7, 11) is 0. The third-order valence-corrected chi connectivity index (χ3v) is 3.43. The molecule has 108 valence electrons. The number of unbranched alkanes of at least 4 members (excludes halogenated alkanes) is 2. The van der Waals surface area contributed by atoms with Gasteiger partial charge in [-0.1, -0.05) is 12.8 Å². The molecule has 0 heterocycles. The van der Waals surface area contributed by atoms with Crippen molar-refractivity contribution in [3.05, 3.63) is 0 Å². The van der Waals surface area contributed by atoms with Gasteiger partial charge in [0.05, 0.1) is 5.92 Å². The average molecular weight is 270 g/mol. The lowest BCUT2D eigenvalue weighted by molar-refractivity contribution is -0.138. The molecule has 1 fully saturated rings. The standard InChI is InChI=1S/C13H22N2O4/c14-10(13(18)19)6-2-1-3-8-15-12(17)9-5-4-7-11(9)16/h9-10H,1-8,14H2,(H,15,17)(H,18,19)/t9-,10-/m0/s1. The van der Waals surface area contributed by atoms with Crippen LogP contribution in [0.2, 0.25) is 0 Å². The summed E-state index contributed by atoms with van der Waals surface area (Å²) in [5.41, 5.74) is 5.37. The quantitative estimate of drug-likeness (QED) is 0.438. The van der Waals surface area contributed by atoms with Crippen LogP contribution in [0.25, 0.3) is 0 Å². The molecule has 1 aliphatic carbocycles. The highest BCUT2D eigenvalue weighted by atomic mass is 16.4. The summed E-state index contributed by atoms with van der Waals surface area (Å²) < 4.78 is 0. The summed E-state index contributed by atoms with van der Waals surface area (Å²) in [5, 5.41) is 11.3. The minimum absolute atomic E-state index is 0.0462. The molecule has 0 radical (unpaired) electrons. The van der Waals surface area contributed by atoms with Gasteiger partial charge in [-0.3, -0.25) is 14.4 Å². The van der Waals surface area contributed by atoms with E-state index in [0.29, 0.717) is 25.8 Å². The van der Waals surface area contributed by atoms with Gasteiger partial charge in [0.15, 0.2) is 0 Å². The molecule has 0 aliphatic heterocycles. The Morgan fingerprint density at radius 3 is 2.68 bits per heavy atom. The summed E-state index contributed by atoms with van der Waals surface area (Å²) >= 11 is 0. The van der Waals surface area contributed by atoms with Crippen LogP contribution < -0.4 is 11.1 Å². The zero-order chi connectivity index (χ0) is 14.3. The number of carbonyl (C=O) groups excluding carboxylic acids is 2. The lowest BCUT2D eigenvalue weighted by atomic mass is 10.1. The van der Waals surface area contributed by atoms with Crippen LogP contribution in [0.4, 0.5) is 0 Å². The number of amides is 1. The maximum absolute atomic E-state index is 11.7. The van der Waals surface area contributed by atoms with Gasteiger partial charge in [-0.2, -0.15) is 0 Å². The molecule has 4 N–H and O–H groups in total. The Balaban J connectivity index is 2.03. The number of hydrogen-bond acceptors (Lipinski definition) is 4. The fourth-order valence-electron chi connectivity index (χ4n) is 2.22. The number of carboxylic acids is 1. The molecule has 1 aliphatic rings. The van der Waals surface area contributed by atoms with E-state index in [1.54, 1.807) is 0 Å². The fraction of sp³-hybridized carbons (Fsp3) is 0.769. The van der Waals surface area contributed by atoms with Crippen molar-refractivity contribution in [3.63, 3.8) is 0 Å². The third kappa shape index (κ3) is 5.38. The van der Waals surface area contributed by atoms with Crippen LogP contribution in [0.3, 0.4) is 0 Å². The molecular weight excluding hydrogens is 248 g/mol. The van der Waals surface area contributed by atoms with Crippen LogP contribution in [0.15, 0.2) is 0 Å². The summed E-state index contributed by atoms with van der Waals surface area (Å²) in [6.45, 7) is 0.533. The Labute approximate surface area is 112 Å². The van der Waals surface area contributed by atoms with Gasteiger partial charge < -0.3 is 16.2 Å². The molecule has 0 spiro atoms. The first-order valence-electron chi connectivity index (χ1n) is 6.81. The average Bonchev–Trinajstić information content (AvgIpc) is 2.79. The van der Waals surface area contributed by atoms with Gasteiger partial charge in [0, 0.05) is 13.0 Å². The number of nitrogens with two attached hydrogens (primary N) is 1. The fourth-order valence-corrected chi connectivity index (χ4v) is 2.22. The monoisotopic (exact) mass is 270 g/mol. The lowest BCUT2D eigenvalue weighted by Gasteiger charge is -2.09. The second-order valence-corrected chi connectivity index (χ2v) is 5.00. The number of carboxylic acid groups (broad SMARTS) is 1. The highest BCUT2D eigenvalue weighted by Gasteiger charge is 2.30. The van der Waals surface area contributed by atoms with Crippen molar-refractivity contribution in [2.45, 2.75) is 51.0 Å². The first-order chi connectivity index (χ1) is 9.02. The van der Waals surface area contributed by atoms with E-state index in [-0.39, 0.29) is 11.7 Å². The maximum atomic E-state index is 11.7. The molecule has 1 rings (SSSR count). The van der Waals surface area contributed by atoms with Crippen LogP contribution in [-0.2, 0) is 14.4 Å². The Bertz CT molecular complexity index is 344. The van der Waals surface area contributed by atoms with E-state index in [0.717, 1.165) is 25.7 Å². The topological polar surface area (TPSA) is 109 Å². The van der Waals surface area contributed by atoms with Crippen molar-refractivity contribution < 1.29 is 19.5 Å². The normalized spacial score (nSPS) is 20.3. The van der Waals surface area contributed by atoms with Crippen molar-refractivity contribution in [2.75, 3.05) is 6.54 Å². The minimum Gasteiger partial charge on any atom is -0.480 e. The van der Waals surface area contributed by atoms with E-state index in [1.807, 2.05) is 0 Å². The molecule has 0 unspecified atom stereocenters.